The predicted octanol–water partition coefficient (Wildman–Crippen LogP) is 1.88. The Bertz CT molecular complexity index is 381. The van der Waals surface area contributed by atoms with E-state index in [4.69, 9.17) is 14.6 Å². The Morgan fingerprint density at radius 2 is 2.33 bits per heavy atom. The van der Waals surface area contributed by atoms with Crippen LogP contribution in [0.3, 0.4) is 0 Å². The van der Waals surface area contributed by atoms with E-state index in [1.165, 1.54) is 5.56 Å². The number of ether oxygens (including phenoxy) is 2. The Labute approximate surface area is 108 Å². The van der Waals surface area contributed by atoms with E-state index in [0.717, 1.165) is 43.9 Å². The molecule has 4 nitrogen and oxygen atoms in total. The second-order valence-corrected chi connectivity index (χ2v) is 4.48. The van der Waals surface area contributed by atoms with Crippen molar-refractivity contribution >= 4 is 0 Å². The van der Waals surface area contributed by atoms with Crippen molar-refractivity contribution in [1.82, 2.24) is 5.32 Å². The first-order valence-electron chi connectivity index (χ1n) is 6.50. The average Bonchev–Trinajstić information content (AvgIpc) is 2.43. The Hall–Kier alpha value is -1.26. The molecule has 0 fully saturated rings. The van der Waals surface area contributed by atoms with E-state index >= 15 is 0 Å². The highest BCUT2D eigenvalue weighted by Crippen LogP contribution is 2.34. The van der Waals surface area contributed by atoms with Gasteiger partial charge in [0, 0.05) is 24.6 Å². The van der Waals surface area contributed by atoms with E-state index in [1.807, 2.05) is 18.2 Å². The van der Waals surface area contributed by atoms with Crippen molar-refractivity contribution in [2.45, 2.75) is 25.3 Å². The summed E-state index contributed by atoms with van der Waals surface area (Å²) in [5, 5.41) is 12.3. The summed E-state index contributed by atoms with van der Waals surface area (Å²) >= 11 is 0. The lowest BCUT2D eigenvalue weighted by molar-refractivity contribution is 0.248. The van der Waals surface area contributed by atoms with Gasteiger partial charge >= 0.3 is 0 Å². The van der Waals surface area contributed by atoms with Crippen LogP contribution in [0.4, 0.5) is 0 Å². The highest BCUT2D eigenvalue weighted by atomic mass is 16.5. The van der Waals surface area contributed by atoms with Gasteiger partial charge < -0.3 is 19.9 Å². The van der Waals surface area contributed by atoms with E-state index in [9.17, 15) is 0 Å². The first-order valence-corrected chi connectivity index (χ1v) is 6.50. The van der Waals surface area contributed by atoms with Gasteiger partial charge in [0.1, 0.15) is 11.5 Å². The summed E-state index contributed by atoms with van der Waals surface area (Å²) in [5.74, 6) is 1.81. The van der Waals surface area contributed by atoms with Crippen LogP contribution >= 0.6 is 0 Å². The average molecular weight is 251 g/mol. The lowest BCUT2D eigenvalue weighted by Crippen LogP contribution is -2.28. The van der Waals surface area contributed by atoms with Gasteiger partial charge in [-0.25, -0.2) is 0 Å². The number of methoxy groups -OCH3 is 1. The first kappa shape index (κ1) is 13.2. The van der Waals surface area contributed by atoms with E-state index in [1.54, 1.807) is 7.11 Å². The summed E-state index contributed by atoms with van der Waals surface area (Å²) in [6, 6.07) is 6.25. The number of unbranched alkanes of at least 4 members (excludes halogenated alkanes) is 1. The van der Waals surface area contributed by atoms with Gasteiger partial charge in [-0.05, 0) is 37.6 Å². The number of aliphatic hydroxyl groups excluding tert-OH is 1. The number of benzene rings is 1. The Morgan fingerprint density at radius 3 is 3.11 bits per heavy atom. The largest absolute Gasteiger partial charge is 0.497 e. The highest BCUT2D eigenvalue weighted by Gasteiger charge is 2.21. The number of rotatable bonds is 6. The van der Waals surface area contributed by atoms with Crippen LogP contribution in [-0.4, -0.2) is 32.0 Å². The van der Waals surface area contributed by atoms with Gasteiger partial charge in [0.25, 0.3) is 0 Å². The third kappa shape index (κ3) is 3.15. The van der Waals surface area contributed by atoms with Crippen molar-refractivity contribution in [3.63, 3.8) is 0 Å². The molecule has 0 saturated carbocycles. The molecule has 1 atom stereocenters. The van der Waals surface area contributed by atoms with Crippen LogP contribution in [0.2, 0.25) is 0 Å². The number of fused-ring (bicyclic) bond motifs is 1. The molecule has 1 aromatic carbocycles. The molecular formula is C14H21NO3. The molecule has 0 aromatic heterocycles. The Morgan fingerprint density at radius 1 is 1.44 bits per heavy atom. The molecule has 1 aliphatic rings. The van der Waals surface area contributed by atoms with Crippen LogP contribution in [0.15, 0.2) is 18.2 Å². The molecule has 1 aromatic rings. The van der Waals surface area contributed by atoms with Gasteiger partial charge in [-0.15, -0.1) is 0 Å². The first-order chi connectivity index (χ1) is 8.85. The zero-order valence-electron chi connectivity index (χ0n) is 10.8. The molecule has 0 radical (unpaired) electrons. The second kappa shape index (κ2) is 6.61. The molecule has 1 heterocycles. The normalized spacial score (nSPS) is 18.0. The quantitative estimate of drug-likeness (QED) is 0.758. The third-order valence-corrected chi connectivity index (χ3v) is 3.23. The number of hydrogen-bond acceptors (Lipinski definition) is 4. The molecule has 2 N–H and O–H groups in total. The zero-order valence-corrected chi connectivity index (χ0v) is 10.8. The lowest BCUT2D eigenvalue weighted by atomic mass is 10.00. The topological polar surface area (TPSA) is 50.7 Å². The van der Waals surface area contributed by atoms with Crippen molar-refractivity contribution in [2.75, 3.05) is 26.9 Å². The van der Waals surface area contributed by atoms with E-state index in [0.29, 0.717) is 6.04 Å². The summed E-state index contributed by atoms with van der Waals surface area (Å²) < 4.78 is 10.9. The molecule has 2 rings (SSSR count). The van der Waals surface area contributed by atoms with Crippen LogP contribution in [-0.2, 0) is 0 Å². The molecular weight excluding hydrogens is 230 g/mol. The van der Waals surface area contributed by atoms with Crippen LogP contribution in [0.25, 0.3) is 0 Å². The molecule has 1 aliphatic heterocycles. The van der Waals surface area contributed by atoms with Gasteiger partial charge in [0.15, 0.2) is 0 Å². The fraction of sp³-hybridized carbons (Fsp3) is 0.571. The van der Waals surface area contributed by atoms with Crippen molar-refractivity contribution < 1.29 is 14.6 Å². The number of hydrogen-bond donors (Lipinski definition) is 2. The van der Waals surface area contributed by atoms with Gasteiger partial charge in [-0.3, -0.25) is 0 Å². The molecule has 0 amide bonds. The molecule has 0 aliphatic carbocycles. The van der Waals surface area contributed by atoms with Gasteiger partial charge in [0.2, 0.25) is 0 Å². The zero-order chi connectivity index (χ0) is 12.8. The standard InChI is InChI=1S/C14H21NO3/c1-17-11-4-5-14-12(10-11)13(6-9-18-14)15-7-2-3-8-16/h4-5,10,13,15-16H,2-3,6-9H2,1H3. The second-order valence-electron chi connectivity index (χ2n) is 4.48. The molecule has 4 heteroatoms. The monoisotopic (exact) mass is 251 g/mol. The van der Waals surface area contributed by atoms with Crippen LogP contribution in [0.1, 0.15) is 30.9 Å². The molecule has 0 spiro atoms. The van der Waals surface area contributed by atoms with Gasteiger partial charge in [-0.2, -0.15) is 0 Å². The Balaban J connectivity index is 2.01. The van der Waals surface area contributed by atoms with Crippen LogP contribution < -0.4 is 14.8 Å². The van der Waals surface area contributed by atoms with Gasteiger partial charge in [0.05, 0.1) is 13.7 Å². The van der Waals surface area contributed by atoms with E-state index in [-0.39, 0.29) is 6.61 Å². The number of aliphatic hydroxyl groups is 1. The molecule has 0 bridgehead atoms. The van der Waals surface area contributed by atoms with Crippen molar-refractivity contribution in [3.8, 4) is 11.5 Å². The predicted molar refractivity (Wildman–Crippen MR) is 70.2 cm³/mol. The summed E-state index contributed by atoms with van der Waals surface area (Å²) in [7, 11) is 1.68. The minimum Gasteiger partial charge on any atom is -0.497 e. The summed E-state index contributed by atoms with van der Waals surface area (Å²) in [5.41, 5.74) is 1.17. The van der Waals surface area contributed by atoms with E-state index in [2.05, 4.69) is 5.32 Å². The van der Waals surface area contributed by atoms with Crippen molar-refractivity contribution in [2.24, 2.45) is 0 Å². The molecule has 100 valence electrons. The van der Waals surface area contributed by atoms with Crippen LogP contribution in [0.5, 0.6) is 11.5 Å². The highest BCUT2D eigenvalue weighted by molar-refractivity contribution is 5.43. The molecule has 0 saturated heterocycles. The van der Waals surface area contributed by atoms with Crippen molar-refractivity contribution in [1.29, 1.82) is 0 Å². The summed E-state index contributed by atoms with van der Waals surface area (Å²) in [6.45, 7) is 1.93. The SMILES string of the molecule is COc1ccc2c(c1)C(NCCCCO)CCO2. The van der Waals surface area contributed by atoms with Crippen molar-refractivity contribution in [3.05, 3.63) is 23.8 Å². The summed E-state index contributed by atoms with van der Waals surface area (Å²) in [4.78, 5) is 0. The fourth-order valence-corrected chi connectivity index (χ4v) is 2.22. The minimum absolute atomic E-state index is 0.264. The van der Waals surface area contributed by atoms with Crippen LogP contribution in [0, 0.1) is 0 Å². The van der Waals surface area contributed by atoms with E-state index < -0.39 is 0 Å². The lowest BCUT2D eigenvalue weighted by Gasteiger charge is -2.27. The maximum absolute atomic E-state index is 8.76. The molecule has 1 unspecified atom stereocenters. The fourth-order valence-electron chi connectivity index (χ4n) is 2.22. The summed E-state index contributed by atoms with van der Waals surface area (Å²) in [6.07, 6.45) is 2.81. The third-order valence-electron chi connectivity index (χ3n) is 3.23. The number of nitrogens with one attached hydrogen (secondary N) is 1. The smallest absolute Gasteiger partial charge is 0.124 e. The Kier molecular flexibility index (Phi) is 4.84. The maximum atomic E-state index is 8.76. The maximum Gasteiger partial charge on any atom is 0.124 e. The minimum atomic E-state index is 0.264. The van der Waals surface area contributed by atoms with Gasteiger partial charge in [-0.1, -0.05) is 0 Å². The molecule has 18 heavy (non-hydrogen) atoms.